The third kappa shape index (κ3) is 4.95. The summed E-state index contributed by atoms with van der Waals surface area (Å²) in [6.07, 6.45) is 8.11. The summed E-state index contributed by atoms with van der Waals surface area (Å²) >= 11 is 0. The Morgan fingerprint density at radius 3 is 2.52 bits per heavy atom. The highest BCUT2D eigenvalue weighted by Crippen LogP contribution is 2.44. The molecule has 1 amide bonds. The van der Waals surface area contributed by atoms with E-state index in [4.69, 9.17) is 5.73 Å². The Morgan fingerprint density at radius 1 is 1.21 bits per heavy atom. The van der Waals surface area contributed by atoms with E-state index >= 15 is 0 Å². The summed E-state index contributed by atoms with van der Waals surface area (Å²) in [6.45, 7) is 4.48. The molecule has 0 spiro atoms. The van der Waals surface area contributed by atoms with Crippen LogP contribution in [0.15, 0.2) is 30.5 Å². The van der Waals surface area contributed by atoms with Gasteiger partial charge < -0.3 is 26.2 Å². The second-order valence-corrected chi connectivity index (χ2v) is 10.1. The van der Waals surface area contributed by atoms with Crippen LogP contribution in [0.25, 0.3) is 5.57 Å². The van der Waals surface area contributed by atoms with Gasteiger partial charge in [-0.25, -0.2) is 4.98 Å². The molecule has 4 rings (SSSR count). The van der Waals surface area contributed by atoms with Crippen molar-refractivity contribution in [2.45, 2.75) is 64.4 Å². The topological polar surface area (TPSA) is 141 Å². The molecule has 2 aromatic rings. The Kier molecular flexibility index (Phi) is 6.05. The number of aromatic nitrogens is 2. The zero-order valence-corrected chi connectivity index (χ0v) is 19.1. The van der Waals surface area contributed by atoms with Crippen LogP contribution in [0.3, 0.4) is 0 Å². The van der Waals surface area contributed by atoms with E-state index in [1.54, 1.807) is 0 Å². The first-order chi connectivity index (χ1) is 15.6. The van der Waals surface area contributed by atoms with Gasteiger partial charge in [0.1, 0.15) is 5.82 Å². The standard InChI is InChI=1S/C25H32N4O4/c1-24(2)9-5-15(6-10-24)18-13-17(25(33)11-7-16(8-12-25)23(31)32)3-4-19(18)28-22(30)21-27-14-20(26)29-21/h3-5,13-14,16,33H,6-12,26H2,1-2H3,(H,27,29)(H,28,30)(H,31,32)/t16-,25+. The van der Waals surface area contributed by atoms with Crippen molar-refractivity contribution >= 4 is 29.0 Å². The van der Waals surface area contributed by atoms with Crippen LogP contribution in [0.1, 0.15) is 80.5 Å². The Morgan fingerprint density at radius 2 is 1.94 bits per heavy atom. The van der Waals surface area contributed by atoms with Gasteiger partial charge in [0.05, 0.1) is 17.7 Å². The molecule has 1 heterocycles. The molecule has 2 aliphatic rings. The number of aliphatic hydroxyl groups is 1. The molecule has 176 valence electrons. The summed E-state index contributed by atoms with van der Waals surface area (Å²) in [6, 6.07) is 5.60. The highest BCUT2D eigenvalue weighted by molar-refractivity contribution is 6.03. The molecule has 0 radical (unpaired) electrons. The summed E-state index contributed by atoms with van der Waals surface area (Å²) in [7, 11) is 0. The fourth-order valence-electron chi connectivity index (χ4n) is 4.79. The number of carboxylic acid groups (broad SMARTS) is 1. The largest absolute Gasteiger partial charge is 0.481 e. The van der Waals surface area contributed by atoms with E-state index < -0.39 is 23.4 Å². The number of carboxylic acids is 1. The number of aromatic amines is 1. The number of nitrogen functional groups attached to an aromatic ring is 1. The number of carbonyl (C=O) groups excluding carboxylic acids is 1. The monoisotopic (exact) mass is 452 g/mol. The van der Waals surface area contributed by atoms with Gasteiger partial charge in [0.25, 0.3) is 5.91 Å². The van der Waals surface area contributed by atoms with Gasteiger partial charge in [-0.3, -0.25) is 9.59 Å². The van der Waals surface area contributed by atoms with E-state index in [0.717, 1.165) is 36.0 Å². The fourth-order valence-corrected chi connectivity index (χ4v) is 4.79. The third-order valence-electron chi connectivity index (χ3n) is 7.10. The van der Waals surface area contributed by atoms with Gasteiger partial charge in [-0.05, 0) is 73.6 Å². The molecule has 1 saturated carbocycles. The van der Waals surface area contributed by atoms with Crippen LogP contribution in [-0.2, 0) is 10.4 Å². The number of rotatable bonds is 5. The minimum absolute atomic E-state index is 0.131. The third-order valence-corrected chi connectivity index (χ3v) is 7.10. The Hall–Kier alpha value is -3.13. The number of aliphatic carboxylic acids is 1. The second-order valence-electron chi connectivity index (χ2n) is 10.1. The van der Waals surface area contributed by atoms with Gasteiger partial charge in [0.2, 0.25) is 0 Å². The van der Waals surface area contributed by atoms with Crippen LogP contribution in [-0.4, -0.2) is 32.1 Å². The molecule has 33 heavy (non-hydrogen) atoms. The number of nitrogens with one attached hydrogen (secondary N) is 2. The molecule has 1 aromatic carbocycles. The molecule has 0 bridgehead atoms. The molecule has 0 saturated heterocycles. The van der Waals surface area contributed by atoms with Crippen molar-refractivity contribution in [3.05, 3.63) is 47.4 Å². The lowest BCUT2D eigenvalue weighted by Crippen LogP contribution is -2.34. The first-order valence-corrected chi connectivity index (χ1v) is 11.5. The molecule has 6 N–H and O–H groups in total. The number of anilines is 2. The summed E-state index contributed by atoms with van der Waals surface area (Å²) in [5.74, 6) is -1.16. The van der Waals surface area contributed by atoms with Crippen molar-refractivity contribution in [1.29, 1.82) is 0 Å². The van der Waals surface area contributed by atoms with E-state index in [-0.39, 0.29) is 11.2 Å². The first-order valence-electron chi connectivity index (χ1n) is 11.5. The second kappa shape index (κ2) is 8.67. The number of hydrogen-bond acceptors (Lipinski definition) is 5. The smallest absolute Gasteiger partial charge is 0.306 e. The molecule has 0 aliphatic heterocycles. The van der Waals surface area contributed by atoms with Crippen molar-refractivity contribution < 1.29 is 19.8 Å². The summed E-state index contributed by atoms with van der Waals surface area (Å²) in [5, 5.41) is 23.6. The number of amides is 1. The van der Waals surface area contributed by atoms with E-state index in [1.165, 1.54) is 6.20 Å². The fraction of sp³-hybridized carbons (Fsp3) is 0.480. The summed E-state index contributed by atoms with van der Waals surface area (Å²) in [4.78, 5) is 30.8. The maximum absolute atomic E-state index is 12.7. The maximum Gasteiger partial charge on any atom is 0.306 e. The van der Waals surface area contributed by atoms with Crippen LogP contribution >= 0.6 is 0 Å². The number of allylic oxidation sites excluding steroid dienone is 2. The lowest BCUT2D eigenvalue weighted by Gasteiger charge is -2.36. The number of carbonyl (C=O) groups is 2. The van der Waals surface area contributed by atoms with Gasteiger partial charge in [0, 0.05) is 11.3 Å². The number of benzene rings is 1. The molecular formula is C25H32N4O4. The van der Waals surface area contributed by atoms with Gasteiger partial charge in [0.15, 0.2) is 5.82 Å². The molecular weight excluding hydrogens is 420 g/mol. The number of imidazole rings is 1. The van der Waals surface area contributed by atoms with Crippen LogP contribution in [0.4, 0.5) is 11.5 Å². The average Bonchev–Trinajstić information content (AvgIpc) is 3.21. The van der Waals surface area contributed by atoms with Gasteiger partial charge in [-0.1, -0.05) is 26.0 Å². The Balaban J connectivity index is 1.66. The Labute approximate surface area is 193 Å². The zero-order valence-electron chi connectivity index (χ0n) is 19.1. The van der Waals surface area contributed by atoms with E-state index in [2.05, 4.69) is 35.2 Å². The minimum atomic E-state index is -1.08. The van der Waals surface area contributed by atoms with E-state index in [1.807, 2.05) is 18.2 Å². The minimum Gasteiger partial charge on any atom is -0.481 e. The number of nitrogens with zero attached hydrogens (tertiary/aromatic N) is 1. The average molecular weight is 453 g/mol. The summed E-state index contributed by atoms with van der Waals surface area (Å²) < 4.78 is 0. The van der Waals surface area contributed by atoms with Gasteiger partial charge in [-0.15, -0.1) is 0 Å². The number of nitrogens with two attached hydrogens (primary N) is 1. The highest BCUT2D eigenvalue weighted by atomic mass is 16.4. The quantitative estimate of drug-likeness (QED) is 0.458. The van der Waals surface area contributed by atoms with Crippen molar-refractivity contribution in [3.8, 4) is 0 Å². The van der Waals surface area contributed by atoms with Crippen LogP contribution in [0.2, 0.25) is 0 Å². The zero-order chi connectivity index (χ0) is 23.8. The van der Waals surface area contributed by atoms with Gasteiger partial charge >= 0.3 is 5.97 Å². The van der Waals surface area contributed by atoms with Crippen molar-refractivity contribution in [2.24, 2.45) is 11.3 Å². The predicted octanol–water partition coefficient (Wildman–Crippen LogP) is 4.30. The molecule has 1 aromatic heterocycles. The molecule has 0 atom stereocenters. The molecule has 0 unspecified atom stereocenters. The van der Waals surface area contributed by atoms with Crippen LogP contribution in [0.5, 0.6) is 0 Å². The lowest BCUT2D eigenvalue weighted by molar-refractivity contribution is -0.145. The molecule has 8 heteroatoms. The van der Waals surface area contributed by atoms with Crippen molar-refractivity contribution in [1.82, 2.24) is 9.97 Å². The number of hydrogen-bond donors (Lipinski definition) is 5. The predicted molar refractivity (Wildman–Crippen MR) is 126 cm³/mol. The lowest BCUT2D eigenvalue weighted by atomic mass is 9.73. The first kappa shape index (κ1) is 23.0. The van der Waals surface area contributed by atoms with E-state index in [0.29, 0.717) is 37.2 Å². The summed E-state index contributed by atoms with van der Waals surface area (Å²) in [5.41, 5.74) is 8.22. The SMILES string of the molecule is CC1(C)CC=C(c2cc([C@]3(O)CC[C@@H](C(=O)O)CC3)ccc2NC(=O)c2ncc(N)[nH]2)CC1. The number of H-pyrrole nitrogens is 1. The maximum atomic E-state index is 12.7. The van der Waals surface area contributed by atoms with Crippen LogP contribution in [0, 0.1) is 11.3 Å². The van der Waals surface area contributed by atoms with Crippen molar-refractivity contribution in [3.63, 3.8) is 0 Å². The van der Waals surface area contributed by atoms with E-state index in [9.17, 15) is 19.8 Å². The normalized spacial score (nSPS) is 24.7. The molecule has 1 fully saturated rings. The highest BCUT2D eigenvalue weighted by Gasteiger charge is 2.37. The van der Waals surface area contributed by atoms with Gasteiger partial charge in [-0.2, -0.15) is 0 Å². The Bertz CT molecular complexity index is 1090. The van der Waals surface area contributed by atoms with Crippen LogP contribution < -0.4 is 11.1 Å². The molecule has 2 aliphatic carbocycles. The molecule has 8 nitrogen and oxygen atoms in total. The van der Waals surface area contributed by atoms with Crippen molar-refractivity contribution in [2.75, 3.05) is 11.1 Å².